The van der Waals surface area contributed by atoms with Gasteiger partial charge in [-0.25, -0.2) is 4.68 Å². The highest BCUT2D eigenvalue weighted by molar-refractivity contribution is 9.10. The van der Waals surface area contributed by atoms with Gasteiger partial charge in [0.15, 0.2) is 0 Å². The summed E-state index contributed by atoms with van der Waals surface area (Å²) in [5, 5.41) is 10.8. The number of nitrogens with zero attached hydrogens (tertiary/aromatic N) is 4. The summed E-state index contributed by atoms with van der Waals surface area (Å²) in [6.45, 7) is 0. The maximum atomic E-state index is 12.6. The predicted octanol–water partition coefficient (Wildman–Crippen LogP) is 2.20. The number of methoxy groups -OCH3 is 1. The van der Waals surface area contributed by atoms with Crippen molar-refractivity contribution in [2.75, 3.05) is 7.11 Å². The van der Waals surface area contributed by atoms with Crippen molar-refractivity contribution in [2.45, 2.75) is 4.90 Å². The third kappa shape index (κ3) is 3.39. The SMILES string of the molecule is COc1ccc(Br)cc1S(=O)(=O)Oc1cccc(-n2cnnn2)c1. The molecule has 0 aliphatic rings. The Hall–Kier alpha value is -2.46. The maximum Gasteiger partial charge on any atom is 0.342 e. The molecule has 1 heterocycles. The van der Waals surface area contributed by atoms with E-state index < -0.39 is 10.1 Å². The number of hydrogen-bond donors (Lipinski definition) is 0. The molecule has 0 spiro atoms. The van der Waals surface area contributed by atoms with Crippen LogP contribution in [0.4, 0.5) is 0 Å². The maximum absolute atomic E-state index is 12.6. The van der Waals surface area contributed by atoms with Gasteiger partial charge in [-0.1, -0.05) is 22.0 Å². The number of ether oxygens (including phenoxy) is 1. The van der Waals surface area contributed by atoms with E-state index in [1.54, 1.807) is 18.2 Å². The quantitative estimate of drug-likeness (QED) is 0.594. The fourth-order valence-electron chi connectivity index (χ4n) is 1.97. The molecule has 24 heavy (non-hydrogen) atoms. The molecule has 1 aromatic heterocycles. The van der Waals surface area contributed by atoms with E-state index in [-0.39, 0.29) is 16.4 Å². The fourth-order valence-corrected chi connectivity index (χ4v) is 3.60. The first-order chi connectivity index (χ1) is 11.5. The lowest BCUT2D eigenvalue weighted by Crippen LogP contribution is -2.11. The largest absolute Gasteiger partial charge is 0.495 e. The van der Waals surface area contributed by atoms with Crippen molar-refractivity contribution in [2.24, 2.45) is 0 Å². The Morgan fingerprint density at radius 1 is 1.17 bits per heavy atom. The Kier molecular flexibility index (Phi) is 4.49. The molecule has 0 bridgehead atoms. The number of rotatable bonds is 5. The summed E-state index contributed by atoms with van der Waals surface area (Å²) in [4.78, 5) is -0.0767. The van der Waals surface area contributed by atoms with E-state index in [1.807, 2.05) is 0 Å². The third-order valence-electron chi connectivity index (χ3n) is 3.03. The van der Waals surface area contributed by atoms with Crippen molar-refractivity contribution in [3.05, 3.63) is 53.3 Å². The van der Waals surface area contributed by atoms with Gasteiger partial charge in [-0.3, -0.25) is 0 Å². The molecule has 0 amide bonds. The standard InChI is InChI=1S/C14H11BrN4O4S/c1-22-13-6-5-10(15)7-14(13)24(20,21)23-12-4-2-3-11(8-12)19-9-16-17-18-19/h2-9H,1H3. The number of hydrogen-bond acceptors (Lipinski definition) is 7. The molecule has 3 aromatic rings. The van der Waals surface area contributed by atoms with Crippen LogP contribution in [0.5, 0.6) is 11.5 Å². The molecule has 124 valence electrons. The lowest BCUT2D eigenvalue weighted by molar-refractivity contribution is 0.398. The number of benzene rings is 2. The van der Waals surface area contributed by atoms with Gasteiger partial charge in [0.25, 0.3) is 0 Å². The second kappa shape index (κ2) is 6.57. The first-order valence-corrected chi connectivity index (χ1v) is 8.81. The van der Waals surface area contributed by atoms with E-state index >= 15 is 0 Å². The first kappa shape index (κ1) is 16.4. The lowest BCUT2D eigenvalue weighted by atomic mass is 10.3. The second-order valence-corrected chi connectivity index (χ2v) is 7.01. The van der Waals surface area contributed by atoms with Crippen LogP contribution in [-0.4, -0.2) is 35.7 Å². The van der Waals surface area contributed by atoms with Crippen LogP contribution in [0, 0.1) is 0 Å². The first-order valence-electron chi connectivity index (χ1n) is 6.61. The zero-order valence-corrected chi connectivity index (χ0v) is 14.7. The Morgan fingerprint density at radius 2 is 2.00 bits per heavy atom. The lowest BCUT2D eigenvalue weighted by Gasteiger charge is -2.11. The van der Waals surface area contributed by atoms with Gasteiger partial charge >= 0.3 is 10.1 Å². The number of halogens is 1. The van der Waals surface area contributed by atoms with Crippen molar-refractivity contribution in [3.8, 4) is 17.2 Å². The fraction of sp³-hybridized carbons (Fsp3) is 0.0714. The minimum Gasteiger partial charge on any atom is -0.495 e. The van der Waals surface area contributed by atoms with E-state index in [4.69, 9.17) is 8.92 Å². The van der Waals surface area contributed by atoms with Gasteiger partial charge in [0.2, 0.25) is 0 Å². The van der Waals surface area contributed by atoms with E-state index in [9.17, 15) is 8.42 Å². The minimum atomic E-state index is -4.08. The molecule has 0 saturated carbocycles. The van der Waals surface area contributed by atoms with Gasteiger partial charge in [-0.05, 0) is 40.8 Å². The molecule has 0 atom stereocenters. The number of aromatic nitrogens is 4. The smallest absolute Gasteiger partial charge is 0.342 e. The zero-order valence-electron chi connectivity index (χ0n) is 12.3. The Bertz CT molecular complexity index is 961. The highest BCUT2D eigenvalue weighted by atomic mass is 79.9. The molecule has 8 nitrogen and oxygen atoms in total. The molecule has 10 heteroatoms. The van der Waals surface area contributed by atoms with Gasteiger partial charge in [-0.2, -0.15) is 8.42 Å². The molecule has 0 radical (unpaired) electrons. The van der Waals surface area contributed by atoms with Gasteiger partial charge < -0.3 is 8.92 Å². The van der Waals surface area contributed by atoms with Crippen molar-refractivity contribution in [1.82, 2.24) is 20.2 Å². The summed E-state index contributed by atoms with van der Waals surface area (Å²) < 4.78 is 37.4. The van der Waals surface area contributed by atoms with Gasteiger partial charge in [0, 0.05) is 10.5 Å². The zero-order chi connectivity index (χ0) is 17.2. The summed E-state index contributed by atoms with van der Waals surface area (Å²) in [6, 6.07) is 11.0. The van der Waals surface area contributed by atoms with Crippen LogP contribution in [0.2, 0.25) is 0 Å². The topological polar surface area (TPSA) is 96.2 Å². The van der Waals surface area contributed by atoms with Crippen molar-refractivity contribution in [1.29, 1.82) is 0 Å². The normalized spacial score (nSPS) is 11.2. The van der Waals surface area contributed by atoms with E-state index in [2.05, 4.69) is 31.5 Å². The molecule has 0 N–H and O–H groups in total. The Balaban J connectivity index is 1.96. The summed E-state index contributed by atoms with van der Waals surface area (Å²) in [5.74, 6) is 0.319. The molecule has 0 aliphatic heterocycles. The van der Waals surface area contributed by atoms with Crippen LogP contribution in [0.3, 0.4) is 0 Å². The highest BCUT2D eigenvalue weighted by Crippen LogP contribution is 2.30. The average molecular weight is 411 g/mol. The molecular formula is C14H11BrN4O4S. The van der Waals surface area contributed by atoms with E-state index in [1.165, 1.54) is 42.4 Å². The Labute approximate surface area is 146 Å². The predicted molar refractivity (Wildman–Crippen MR) is 87.7 cm³/mol. The minimum absolute atomic E-state index is 0.0767. The molecule has 2 aromatic carbocycles. The van der Waals surface area contributed by atoms with Crippen LogP contribution < -0.4 is 8.92 Å². The van der Waals surface area contributed by atoms with Crippen LogP contribution in [-0.2, 0) is 10.1 Å². The summed E-state index contributed by atoms with van der Waals surface area (Å²) >= 11 is 3.24. The van der Waals surface area contributed by atoms with Gasteiger partial charge in [0.05, 0.1) is 12.8 Å². The van der Waals surface area contributed by atoms with Crippen LogP contribution >= 0.6 is 15.9 Å². The van der Waals surface area contributed by atoms with Crippen molar-refractivity contribution < 1.29 is 17.3 Å². The monoisotopic (exact) mass is 410 g/mol. The van der Waals surface area contributed by atoms with Gasteiger partial charge in [-0.15, -0.1) is 5.10 Å². The van der Waals surface area contributed by atoms with E-state index in [0.717, 1.165) is 0 Å². The van der Waals surface area contributed by atoms with Crippen LogP contribution in [0.1, 0.15) is 0 Å². The van der Waals surface area contributed by atoms with Crippen molar-refractivity contribution in [3.63, 3.8) is 0 Å². The molecular weight excluding hydrogens is 400 g/mol. The average Bonchev–Trinajstić information content (AvgIpc) is 3.09. The molecule has 0 fully saturated rings. The summed E-state index contributed by atoms with van der Waals surface area (Å²) in [5.41, 5.74) is 0.564. The van der Waals surface area contributed by atoms with E-state index in [0.29, 0.717) is 10.2 Å². The Morgan fingerprint density at radius 3 is 2.71 bits per heavy atom. The highest BCUT2D eigenvalue weighted by Gasteiger charge is 2.22. The van der Waals surface area contributed by atoms with Crippen molar-refractivity contribution >= 4 is 26.0 Å². The van der Waals surface area contributed by atoms with Crippen LogP contribution in [0.15, 0.2) is 58.2 Å². The summed E-state index contributed by atoms with van der Waals surface area (Å²) in [6.07, 6.45) is 1.39. The van der Waals surface area contributed by atoms with Gasteiger partial charge in [0.1, 0.15) is 22.7 Å². The molecule has 0 saturated heterocycles. The molecule has 3 rings (SSSR count). The molecule has 0 aliphatic carbocycles. The number of tetrazole rings is 1. The van der Waals surface area contributed by atoms with Crippen LogP contribution in [0.25, 0.3) is 5.69 Å². The second-order valence-electron chi connectivity index (χ2n) is 4.58. The third-order valence-corrected chi connectivity index (χ3v) is 4.79. The summed E-state index contributed by atoms with van der Waals surface area (Å²) in [7, 11) is -2.69. The molecule has 0 unspecified atom stereocenters.